The molecule has 0 bridgehead atoms. The van der Waals surface area contributed by atoms with Crippen LogP contribution in [0.15, 0.2) is 42.7 Å². The number of aromatic nitrogens is 2. The van der Waals surface area contributed by atoms with E-state index in [-0.39, 0.29) is 24.5 Å². The quantitative estimate of drug-likeness (QED) is 0.528. The summed E-state index contributed by atoms with van der Waals surface area (Å²) in [5.74, 6) is 0.693. The number of anilines is 1. The molecule has 0 aliphatic heterocycles. The van der Waals surface area contributed by atoms with Gasteiger partial charge in [0, 0.05) is 37.2 Å². The van der Waals surface area contributed by atoms with Gasteiger partial charge in [-0.3, -0.25) is 4.79 Å². The van der Waals surface area contributed by atoms with Gasteiger partial charge in [0.2, 0.25) is 5.91 Å². The first-order chi connectivity index (χ1) is 16.4. The fourth-order valence-electron chi connectivity index (χ4n) is 4.13. The molecule has 2 N–H and O–H groups in total. The van der Waals surface area contributed by atoms with Crippen LogP contribution < -0.4 is 10.6 Å². The van der Waals surface area contributed by atoms with Crippen LogP contribution in [-0.2, 0) is 36.0 Å². The Kier molecular flexibility index (Phi) is 7.28. The summed E-state index contributed by atoms with van der Waals surface area (Å²) in [7, 11) is 1.86. The molecule has 9 heteroatoms. The molecule has 2 amide bonds. The van der Waals surface area contributed by atoms with Gasteiger partial charge >= 0.3 is 6.09 Å². The zero-order valence-electron chi connectivity index (χ0n) is 19.2. The van der Waals surface area contributed by atoms with Gasteiger partial charge in [-0.15, -0.1) is 11.3 Å². The van der Waals surface area contributed by atoms with Crippen molar-refractivity contribution in [3.05, 3.63) is 70.1 Å². The topological polar surface area (TPSA) is 109 Å². The average Bonchev–Trinajstić information content (AvgIpc) is 3.39. The lowest BCUT2D eigenvalue weighted by atomic mass is 9.93. The highest BCUT2D eigenvalue weighted by Gasteiger charge is 2.28. The maximum absolute atomic E-state index is 12.7. The molecule has 2 aromatic heterocycles. The second-order valence-electron chi connectivity index (χ2n) is 8.46. The summed E-state index contributed by atoms with van der Waals surface area (Å²) in [6, 6.07) is 12.1. The highest BCUT2D eigenvalue weighted by atomic mass is 32.1. The molecular formula is C25H27N5O3S. The van der Waals surface area contributed by atoms with E-state index in [1.807, 2.05) is 55.1 Å². The van der Waals surface area contributed by atoms with Gasteiger partial charge in [-0.2, -0.15) is 5.26 Å². The first kappa shape index (κ1) is 23.5. The third-order valence-corrected chi connectivity index (χ3v) is 7.20. The number of fused-ring (bicyclic) bond motifs is 1. The van der Waals surface area contributed by atoms with Gasteiger partial charge in [0.15, 0.2) is 0 Å². The second kappa shape index (κ2) is 10.5. The third-order valence-electron chi connectivity index (χ3n) is 6.03. The van der Waals surface area contributed by atoms with Gasteiger partial charge in [-0.1, -0.05) is 37.3 Å². The molecule has 4 rings (SSSR count). The van der Waals surface area contributed by atoms with Crippen LogP contribution in [0, 0.1) is 11.3 Å². The number of thiophene rings is 1. The molecule has 34 heavy (non-hydrogen) atoms. The van der Waals surface area contributed by atoms with Crippen molar-refractivity contribution in [2.75, 3.05) is 5.32 Å². The minimum absolute atomic E-state index is 0.0726. The maximum atomic E-state index is 12.7. The molecule has 2 heterocycles. The summed E-state index contributed by atoms with van der Waals surface area (Å²) in [6.07, 6.45) is 4.84. The molecule has 0 spiro atoms. The number of carbonyl (C=O) groups excluding carboxylic acids is 2. The SMILES string of the molecule is CC(CC(=O)Nc1sc2c(c1C#N)CCC(OC(=O)NCc1nccn1C)C2)c1ccccc1. The van der Waals surface area contributed by atoms with Crippen molar-refractivity contribution in [2.24, 2.45) is 7.05 Å². The highest BCUT2D eigenvalue weighted by Crippen LogP contribution is 2.38. The van der Waals surface area contributed by atoms with E-state index >= 15 is 0 Å². The van der Waals surface area contributed by atoms with Crippen LogP contribution in [0.4, 0.5) is 9.80 Å². The summed E-state index contributed by atoms with van der Waals surface area (Å²) in [5.41, 5.74) is 2.58. The number of alkyl carbamates (subject to hydrolysis) is 1. The van der Waals surface area contributed by atoms with Gasteiger partial charge in [0.1, 0.15) is 23.0 Å². The van der Waals surface area contributed by atoms with E-state index in [1.54, 1.807) is 6.20 Å². The van der Waals surface area contributed by atoms with E-state index < -0.39 is 6.09 Å². The number of hydrogen-bond donors (Lipinski definition) is 2. The van der Waals surface area contributed by atoms with Crippen molar-refractivity contribution < 1.29 is 14.3 Å². The molecule has 0 saturated carbocycles. The molecule has 0 fully saturated rings. The monoisotopic (exact) mass is 477 g/mol. The summed E-state index contributed by atoms with van der Waals surface area (Å²) >= 11 is 1.40. The first-order valence-electron chi connectivity index (χ1n) is 11.2. The number of nitrogens with one attached hydrogen (secondary N) is 2. The van der Waals surface area contributed by atoms with Crippen LogP contribution in [0.3, 0.4) is 0 Å². The van der Waals surface area contributed by atoms with Crippen LogP contribution >= 0.6 is 11.3 Å². The van der Waals surface area contributed by atoms with E-state index in [1.165, 1.54) is 11.3 Å². The van der Waals surface area contributed by atoms with E-state index in [0.29, 0.717) is 36.2 Å². The average molecular weight is 478 g/mol. The number of hydrogen-bond acceptors (Lipinski definition) is 6. The Hall–Kier alpha value is -3.64. The van der Waals surface area contributed by atoms with Crippen molar-refractivity contribution in [1.29, 1.82) is 5.26 Å². The van der Waals surface area contributed by atoms with E-state index in [0.717, 1.165) is 21.8 Å². The van der Waals surface area contributed by atoms with Crippen LogP contribution in [0.5, 0.6) is 0 Å². The van der Waals surface area contributed by atoms with Gasteiger partial charge < -0.3 is 19.9 Å². The Bertz CT molecular complexity index is 1210. The molecule has 2 unspecified atom stereocenters. The number of imidazole rings is 1. The molecule has 1 aliphatic rings. The van der Waals surface area contributed by atoms with Gasteiger partial charge in [-0.05, 0) is 29.9 Å². The van der Waals surface area contributed by atoms with E-state index in [9.17, 15) is 14.9 Å². The van der Waals surface area contributed by atoms with Gasteiger partial charge in [0.25, 0.3) is 0 Å². The van der Waals surface area contributed by atoms with Crippen LogP contribution in [0.2, 0.25) is 0 Å². The van der Waals surface area contributed by atoms with Gasteiger partial charge in [-0.25, -0.2) is 9.78 Å². The minimum Gasteiger partial charge on any atom is -0.446 e. The second-order valence-corrected chi connectivity index (χ2v) is 9.57. The standard InChI is InChI=1S/C25H27N5O3S/c1-16(17-6-4-3-5-7-17)12-23(31)29-24-20(14-26)19-9-8-18(13-21(19)34-24)33-25(32)28-15-22-27-10-11-30(22)2/h3-7,10-11,16,18H,8-9,12-13,15H2,1-2H3,(H,28,32)(H,29,31). The fraction of sp³-hybridized carbons (Fsp3) is 0.360. The Morgan fingerprint density at radius 1 is 1.35 bits per heavy atom. The summed E-state index contributed by atoms with van der Waals surface area (Å²) < 4.78 is 7.43. The summed E-state index contributed by atoms with van der Waals surface area (Å²) in [6.45, 7) is 2.30. The minimum atomic E-state index is -0.489. The molecule has 176 valence electrons. The molecule has 1 aliphatic carbocycles. The molecule has 0 saturated heterocycles. The first-order valence-corrected chi connectivity index (χ1v) is 12.1. The zero-order valence-corrected chi connectivity index (χ0v) is 20.0. The van der Waals surface area contributed by atoms with Crippen molar-refractivity contribution in [3.63, 3.8) is 0 Å². The van der Waals surface area contributed by atoms with E-state index in [2.05, 4.69) is 21.7 Å². The Labute approximate surface area is 202 Å². The lowest BCUT2D eigenvalue weighted by Gasteiger charge is -2.22. The Balaban J connectivity index is 1.35. The Morgan fingerprint density at radius 2 is 2.15 bits per heavy atom. The number of rotatable bonds is 7. The number of benzene rings is 1. The van der Waals surface area contributed by atoms with Crippen LogP contribution in [-0.4, -0.2) is 27.7 Å². The highest BCUT2D eigenvalue weighted by molar-refractivity contribution is 7.16. The molecular weight excluding hydrogens is 450 g/mol. The largest absolute Gasteiger partial charge is 0.446 e. The number of amides is 2. The molecule has 3 aromatic rings. The van der Waals surface area contributed by atoms with Gasteiger partial charge in [0.05, 0.1) is 12.1 Å². The normalized spacial score (nSPS) is 15.6. The third kappa shape index (κ3) is 5.46. The number of ether oxygens (including phenoxy) is 1. The van der Waals surface area contributed by atoms with Crippen molar-refractivity contribution in [1.82, 2.24) is 14.9 Å². The van der Waals surface area contributed by atoms with E-state index in [4.69, 9.17) is 4.74 Å². The zero-order chi connectivity index (χ0) is 24.1. The maximum Gasteiger partial charge on any atom is 0.407 e. The predicted octanol–water partition coefficient (Wildman–Crippen LogP) is 4.27. The van der Waals surface area contributed by atoms with Crippen molar-refractivity contribution in [2.45, 2.75) is 51.2 Å². The number of carbonyl (C=O) groups is 2. The Morgan fingerprint density at radius 3 is 2.85 bits per heavy atom. The predicted molar refractivity (Wildman–Crippen MR) is 129 cm³/mol. The van der Waals surface area contributed by atoms with Crippen LogP contribution in [0.25, 0.3) is 0 Å². The van der Waals surface area contributed by atoms with Crippen LogP contribution in [0.1, 0.15) is 53.1 Å². The summed E-state index contributed by atoms with van der Waals surface area (Å²) in [4.78, 5) is 30.1. The van der Waals surface area contributed by atoms with Crippen molar-refractivity contribution in [3.8, 4) is 6.07 Å². The van der Waals surface area contributed by atoms with Crippen molar-refractivity contribution >= 4 is 28.3 Å². The molecule has 8 nitrogen and oxygen atoms in total. The number of nitrogens with zero attached hydrogens (tertiary/aromatic N) is 3. The lowest BCUT2D eigenvalue weighted by Crippen LogP contribution is -2.32. The molecule has 0 radical (unpaired) electrons. The number of aryl methyl sites for hydroxylation is 1. The fourth-order valence-corrected chi connectivity index (χ4v) is 5.41. The number of nitriles is 1. The smallest absolute Gasteiger partial charge is 0.407 e. The molecule has 2 atom stereocenters. The lowest BCUT2D eigenvalue weighted by molar-refractivity contribution is -0.116. The summed E-state index contributed by atoms with van der Waals surface area (Å²) in [5, 5.41) is 16.0. The molecule has 1 aromatic carbocycles.